The third-order valence-electron chi connectivity index (χ3n) is 8.34. The van der Waals surface area contributed by atoms with Crippen molar-refractivity contribution in [3.8, 4) is 0 Å². The van der Waals surface area contributed by atoms with Crippen molar-refractivity contribution < 1.29 is 23.6 Å². The number of amides is 1. The number of hydrogen-bond acceptors (Lipinski definition) is 5. The maximum Gasteiger partial charge on any atom is 0.411 e. The van der Waals surface area contributed by atoms with Gasteiger partial charge in [-0.25, -0.2) is 9.18 Å². The van der Waals surface area contributed by atoms with Gasteiger partial charge in [0.15, 0.2) is 5.78 Å². The Hall–Kier alpha value is -3.13. The topological polar surface area (TPSA) is 66.3 Å². The quantitative estimate of drug-likeness (QED) is 0.328. The van der Waals surface area contributed by atoms with Crippen LogP contribution < -0.4 is 20.0 Å². The number of ketones is 1. The molecule has 3 unspecified atom stereocenters. The van der Waals surface area contributed by atoms with E-state index in [1.807, 2.05) is 6.92 Å². The first-order chi connectivity index (χ1) is 19.4. The highest BCUT2D eigenvalue weighted by molar-refractivity contribution is 5.95. The van der Waals surface area contributed by atoms with Crippen LogP contribution in [0.2, 0.25) is 0 Å². The number of anilines is 2. The summed E-state index contributed by atoms with van der Waals surface area (Å²) in [5.41, 5.74) is 4.92. The number of likely N-dealkylation sites (tertiary alicyclic amines) is 1. The molecule has 2 aromatic carbocycles. The number of fused-ring (bicyclic) bond motifs is 3. The van der Waals surface area contributed by atoms with Gasteiger partial charge in [-0.3, -0.25) is 4.79 Å². The summed E-state index contributed by atoms with van der Waals surface area (Å²) in [5, 5.41) is 2.89. The van der Waals surface area contributed by atoms with E-state index in [1.54, 1.807) is 0 Å². The van der Waals surface area contributed by atoms with Crippen molar-refractivity contribution >= 4 is 23.3 Å². The zero-order valence-electron chi connectivity index (χ0n) is 24.4. The molecule has 40 heavy (non-hydrogen) atoms. The molecule has 2 N–H and O–H groups in total. The van der Waals surface area contributed by atoms with Crippen LogP contribution in [0, 0.1) is 5.82 Å². The molecule has 5 rings (SSSR count). The van der Waals surface area contributed by atoms with Crippen molar-refractivity contribution in [3.05, 3.63) is 59.4 Å². The Morgan fingerprint density at radius 3 is 2.60 bits per heavy atom. The number of halogens is 1. The highest BCUT2D eigenvalue weighted by atomic mass is 19.1. The maximum atomic E-state index is 12.4. The Balaban J connectivity index is 0.000000259. The predicted molar refractivity (Wildman–Crippen MR) is 158 cm³/mol. The Kier molecular flexibility index (Phi) is 10.8. The highest BCUT2D eigenvalue weighted by Gasteiger charge is 2.46. The van der Waals surface area contributed by atoms with E-state index in [-0.39, 0.29) is 17.7 Å². The first-order valence-electron chi connectivity index (χ1n) is 15.1. The lowest BCUT2D eigenvalue weighted by Gasteiger charge is -2.40. The Morgan fingerprint density at radius 1 is 1.05 bits per heavy atom. The minimum absolute atomic E-state index is 0.0810. The van der Waals surface area contributed by atoms with Crippen molar-refractivity contribution in [3.63, 3.8) is 0 Å². The molecule has 3 heterocycles. The summed E-state index contributed by atoms with van der Waals surface area (Å²) < 4.78 is 17.9. The number of nitrogens with zero attached hydrogens (tertiary/aromatic N) is 2. The Labute approximate surface area is 238 Å². The molecule has 0 aromatic heterocycles. The lowest BCUT2D eigenvalue weighted by atomic mass is 9.89. The number of benzene rings is 2. The summed E-state index contributed by atoms with van der Waals surface area (Å²) in [6.45, 7) is 9.66. The minimum atomic E-state index is -0.303. The third kappa shape index (κ3) is 7.33. The second-order valence-electron chi connectivity index (χ2n) is 11.2. The van der Waals surface area contributed by atoms with Crippen molar-refractivity contribution in [2.24, 2.45) is 0 Å². The van der Waals surface area contributed by atoms with Gasteiger partial charge in [-0.15, -0.1) is 0 Å². The molecule has 0 spiro atoms. The second-order valence-corrected chi connectivity index (χ2v) is 11.2. The molecule has 3 atom stereocenters. The molecule has 3 aliphatic rings. The summed E-state index contributed by atoms with van der Waals surface area (Å²) in [6, 6.07) is 13.0. The molecule has 1 saturated heterocycles. The first kappa shape index (κ1) is 29.8. The van der Waals surface area contributed by atoms with Gasteiger partial charge in [0.1, 0.15) is 5.82 Å². The number of rotatable bonds is 10. The molecule has 0 radical (unpaired) electrons. The molecule has 0 aliphatic carbocycles. The lowest BCUT2D eigenvalue weighted by Crippen LogP contribution is -3.14. The van der Waals surface area contributed by atoms with Gasteiger partial charge in [-0.05, 0) is 48.7 Å². The molecule has 8 heteroatoms. The molecule has 0 saturated carbocycles. The lowest BCUT2D eigenvalue weighted by molar-refractivity contribution is -0.923. The van der Waals surface area contributed by atoms with Gasteiger partial charge in [0.05, 0.1) is 30.4 Å². The molecule has 0 bridgehead atoms. The van der Waals surface area contributed by atoms with Gasteiger partial charge in [0.2, 0.25) is 6.73 Å². The molecule has 1 fully saturated rings. The largest absolute Gasteiger partial charge is 0.411 e. The van der Waals surface area contributed by atoms with Crippen LogP contribution in [0.3, 0.4) is 0 Å². The molecule has 218 valence electrons. The number of alkyl carbamates (subject to hydrolysis) is 1. The van der Waals surface area contributed by atoms with Crippen LogP contribution in [0.15, 0.2) is 42.5 Å². The molecular formula is C32H46FN4O3+. The van der Waals surface area contributed by atoms with Crippen LogP contribution in [0.4, 0.5) is 20.6 Å². The standard InChI is InChI=1S/C22H34N4O2.C10H11FO/c1-3-4-5-6-11-23-22(27)28-16-25-12-10-19-18(15-25)17-8-7-9-20-21(17)26(19)14-13-24(20)2;1-2-3-10(12)8-4-6-9(11)7-5-8/h7-9,18-19H,3-6,10-16H2,1-2H3,(H,23,27);4-7H,2-3H2,1H3/p+1. The Bertz CT molecular complexity index is 1130. The smallest absolute Gasteiger partial charge is 0.399 e. The predicted octanol–water partition coefficient (Wildman–Crippen LogP) is 4.77. The van der Waals surface area contributed by atoms with E-state index < -0.39 is 0 Å². The van der Waals surface area contributed by atoms with Crippen molar-refractivity contribution in [2.45, 2.75) is 70.8 Å². The Morgan fingerprint density at radius 2 is 1.85 bits per heavy atom. The number of para-hydroxylation sites is 1. The fourth-order valence-corrected chi connectivity index (χ4v) is 6.18. The number of unbranched alkanes of at least 4 members (excludes halogenated alkanes) is 3. The van der Waals surface area contributed by atoms with Crippen molar-refractivity contribution in [1.29, 1.82) is 0 Å². The number of carbonyl (C=O) groups excluding carboxylic acids is 2. The average Bonchev–Trinajstić information content (AvgIpc) is 3.28. The molecule has 2 aromatic rings. The van der Waals surface area contributed by atoms with E-state index in [9.17, 15) is 14.0 Å². The first-order valence-corrected chi connectivity index (χ1v) is 15.1. The van der Waals surface area contributed by atoms with Gasteiger partial charge in [0, 0.05) is 51.1 Å². The number of quaternary nitrogens is 1. The number of nitrogens with one attached hydrogen (secondary N) is 2. The van der Waals surface area contributed by atoms with Crippen LogP contribution >= 0.6 is 0 Å². The maximum absolute atomic E-state index is 12.4. The van der Waals surface area contributed by atoms with E-state index in [0.29, 0.717) is 30.7 Å². The van der Waals surface area contributed by atoms with E-state index in [4.69, 9.17) is 4.74 Å². The van der Waals surface area contributed by atoms with Gasteiger partial charge >= 0.3 is 6.09 Å². The number of ether oxygens (including phenoxy) is 1. The molecule has 1 amide bonds. The number of carbonyl (C=O) groups is 2. The summed E-state index contributed by atoms with van der Waals surface area (Å²) >= 11 is 0. The summed E-state index contributed by atoms with van der Waals surface area (Å²) in [7, 11) is 2.20. The molecule has 3 aliphatic heterocycles. The van der Waals surface area contributed by atoms with Crippen LogP contribution in [0.25, 0.3) is 0 Å². The van der Waals surface area contributed by atoms with Crippen LogP contribution in [0.1, 0.15) is 80.6 Å². The number of likely N-dealkylation sites (N-methyl/N-ethyl adjacent to an activating group) is 1. The van der Waals surface area contributed by atoms with Crippen molar-refractivity contribution in [1.82, 2.24) is 5.32 Å². The summed E-state index contributed by atoms with van der Waals surface area (Å²) in [6.07, 6.45) is 6.91. The minimum Gasteiger partial charge on any atom is -0.399 e. The van der Waals surface area contributed by atoms with Gasteiger partial charge in [-0.2, -0.15) is 0 Å². The average molecular weight is 554 g/mol. The normalized spacial score (nSPS) is 20.6. The number of piperidine rings is 1. The zero-order valence-corrected chi connectivity index (χ0v) is 24.4. The van der Waals surface area contributed by atoms with Crippen LogP contribution in [0.5, 0.6) is 0 Å². The fraction of sp³-hybridized carbons (Fsp3) is 0.562. The fourth-order valence-electron chi connectivity index (χ4n) is 6.18. The second kappa shape index (κ2) is 14.5. The molecular weight excluding hydrogens is 507 g/mol. The van der Waals surface area contributed by atoms with Crippen LogP contribution in [-0.4, -0.2) is 64.4 Å². The van der Waals surface area contributed by atoms with Gasteiger partial charge in [0.25, 0.3) is 0 Å². The SMILES string of the molecule is CCCC(=O)c1ccc(F)cc1.CCCCCCNC(=O)OC[NH+]1CCC2C(C1)c1cccc3c1N2CCN3C. The van der Waals surface area contributed by atoms with E-state index in [2.05, 4.69) is 47.3 Å². The summed E-state index contributed by atoms with van der Waals surface area (Å²) in [5.74, 6) is 0.325. The van der Waals surface area contributed by atoms with Crippen molar-refractivity contribution in [2.75, 3.05) is 56.3 Å². The summed E-state index contributed by atoms with van der Waals surface area (Å²) in [4.78, 5) is 29.6. The third-order valence-corrected chi connectivity index (χ3v) is 8.34. The zero-order chi connectivity index (χ0) is 28.5. The number of Topliss-reactive ketones (excluding diaryl/α,β-unsaturated/α-hetero) is 1. The highest BCUT2D eigenvalue weighted by Crippen LogP contribution is 2.48. The number of hydrogen-bond donors (Lipinski definition) is 2. The van der Waals surface area contributed by atoms with Crippen LogP contribution in [-0.2, 0) is 4.74 Å². The van der Waals surface area contributed by atoms with Gasteiger partial charge < -0.3 is 24.8 Å². The van der Waals surface area contributed by atoms with E-state index in [1.165, 1.54) is 71.8 Å². The molecule has 7 nitrogen and oxygen atoms in total. The monoisotopic (exact) mass is 553 g/mol. The van der Waals surface area contributed by atoms with E-state index >= 15 is 0 Å². The van der Waals surface area contributed by atoms with E-state index in [0.717, 1.165) is 45.6 Å². The van der Waals surface area contributed by atoms with Gasteiger partial charge in [-0.1, -0.05) is 45.2 Å².